The van der Waals surface area contributed by atoms with E-state index in [2.05, 4.69) is 10.3 Å². The van der Waals surface area contributed by atoms with Crippen LogP contribution in [0.5, 0.6) is 0 Å². The van der Waals surface area contributed by atoms with Crippen LogP contribution in [-0.4, -0.2) is 63.4 Å². The Morgan fingerprint density at radius 1 is 1.33 bits per heavy atom. The van der Waals surface area contributed by atoms with E-state index in [0.29, 0.717) is 36.3 Å². The number of thioether (sulfide) groups is 1. The summed E-state index contributed by atoms with van der Waals surface area (Å²) >= 11 is 1.62. The Balaban J connectivity index is 1.69. The topological polar surface area (TPSA) is 65.5 Å². The van der Waals surface area contributed by atoms with E-state index in [9.17, 15) is 9.59 Å². The molecule has 0 radical (unpaired) electrons. The summed E-state index contributed by atoms with van der Waals surface area (Å²) in [6.07, 6.45) is 3.97. The molecule has 130 valence electrons. The molecule has 1 N–H and O–H groups in total. The third-order valence-corrected chi connectivity index (χ3v) is 5.46. The zero-order chi connectivity index (χ0) is 17.1. The third-order valence-electron chi connectivity index (χ3n) is 4.44. The lowest BCUT2D eigenvalue weighted by molar-refractivity contribution is -0.134. The molecule has 0 unspecified atom stereocenters. The van der Waals surface area contributed by atoms with E-state index in [4.69, 9.17) is 0 Å². The van der Waals surface area contributed by atoms with Gasteiger partial charge in [0.05, 0.1) is 11.4 Å². The maximum absolute atomic E-state index is 12.8. The molecule has 3 rings (SSSR count). The highest BCUT2D eigenvalue weighted by Gasteiger charge is 2.36. The van der Waals surface area contributed by atoms with Gasteiger partial charge >= 0.3 is 0 Å². The maximum Gasteiger partial charge on any atom is 0.256 e. The number of amides is 2. The first kappa shape index (κ1) is 17.1. The van der Waals surface area contributed by atoms with Gasteiger partial charge in [0.15, 0.2) is 0 Å². The molecule has 2 heterocycles. The van der Waals surface area contributed by atoms with E-state index in [0.717, 1.165) is 5.82 Å². The first-order chi connectivity index (χ1) is 11.6. The van der Waals surface area contributed by atoms with Gasteiger partial charge in [0.1, 0.15) is 11.9 Å². The number of pyridine rings is 1. The summed E-state index contributed by atoms with van der Waals surface area (Å²) in [6, 6.07) is 3.80. The molecule has 1 aromatic heterocycles. The van der Waals surface area contributed by atoms with Crippen molar-refractivity contribution in [1.82, 2.24) is 14.8 Å². The summed E-state index contributed by atoms with van der Waals surface area (Å²) in [5.74, 6) is 1.95. The molecule has 1 aliphatic heterocycles. The van der Waals surface area contributed by atoms with Crippen molar-refractivity contribution in [1.29, 1.82) is 0 Å². The van der Waals surface area contributed by atoms with Crippen LogP contribution in [0.3, 0.4) is 0 Å². The van der Waals surface area contributed by atoms with Crippen LogP contribution in [0.1, 0.15) is 37.0 Å². The molecule has 1 saturated carbocycles. The van der Waals surface area contributed by atoms with Crippen molar-refractivity contribution >= 4 is 29.4 Å². The summed E-state index contributed by atoms with van der Waals surface area (Å²) in [7, 11) is 0. The van der Waals surface area contributed by atoms with Crippen molar-refractivity contribution in [2.45, 2.75) is 38.8 Å². The fourth-order valence-electron chi connectivity index (χ4n) is 2.80. The molecule has 1 atom stereocenters. The quantitative estimate of drug-likeness (QED) is 0.852. The lowest BCUT2D eigenvalue weighted by atomic mass is 10.2. The molecule has 0 aromatic carbocycles. The highest BCUT2D eigenvalue weighted by atomic mass is 32.2. The largest absolute Gasteiger partial charge is 0.367 e. The second-order valence-electron chi connectivity index (χ2n) is 6.15. The van der Waals surface area contributed by atoms with E-state index < -0.39 is 0 Å². The van der Waals surface area contributed by atoms with E-state index in [1.165, 1.54) is 12.8 Å². The number of hydrogen-bond donors (Lipinski definition) is 1. The summed E-state index contributed by atoms with van der Waals surface area (Å²) in [6.45, 7) is 5.26. The maximum atomic E-state index is 12.8. The Hall–Kier alpha value is -1.76. The Morgan fingerprint density at radius 3 is 2.67 bits per heavy atom. The molecule has 1 saturated heterocycles. The molecular formula is C17H24N4O2S. The molecule has 0 spiro atoms. The van der Waals surface area contributed by atoms with Crippen LogP contribution >= 0.6 is 11.8 Å². The fourth-order valence-corrected chi connectivity index (χ4v) is 3.95. The van der Waals surface area contributed by atoms with Crippen LogP contribution in [0.15, 0.2) is 18.3 Å². The lowest BCUT2D eigenvalue weighted by Gasteiger charge is -2.28. The van der Waals surface area contributed by atoms with E-state index in [1.54, 1.807) is 33.8 Å². The SMILES string of the molecule is CCN(CC)C(=O)[C@@H]1CSCN1C(=O)c1ccc(NC2CC2)nc1. The van der Waals surface area contributed by atoms with Crippen molar-refractivity contribution < 1.29 is 9.59 Å². The van der Waals surface area contributed by atoms with E-state index >= 15 is 0 Å². The molecule has 6 nitrogen and oxygen atoms in total. The zero-order valence-corrected chi connectivity index (χ0v) is 15.0. The number of carbonyl (C=O) groups is 2. The number of anilines is 1. The molecule has 1 aliphatic carbocycles. The van der Waals surface area contributed by atoms with Crippen molar-refractivity contribution in [3.8, 4) is 0 Å². The van der Waals surface area contributed by atoms with Crippen molar-refractivity contribution in [2.75, 3.05) is 30.0 Å². The number of carbonyl (C=O) groups excluding carboxylic acids is 2. The average molecular weight is 348 g/mol. The Labute approximate surface area is 147 Å². The van der Waals surface area contributed by atoms with Crippen LogP contribution in [0.2, 0.25) is 0 Å². The number of nitrogens with one attached hydrogen (secondary N) is 1. The molecule has 2 aliphatic rings. The Bertz CT molecular complexity index is 599. The monoisotopic (exact) mass is 348 g/mol. The number of nitrogens with zero attached hydrogens (tertiary/aromatic N) is 3. The first-order valence-corrected chi connectivity index (χ1v) is 9.69. The minimum Gasteiger partial charge on any atom is -0.367 e. The van der Waals surface area contributed by atoms with Crippen LogP contribution in [-0.2, 0) is 4.79 Å². The number of aromatic nitrogens is 1. The summed E-state index contributed by atoms with van der Waals surface area (Å²) in [5.41, 5.74) is 0.538. The average Bonchev–Trinajstić information content (AvgIpc) is 3.27. The van der Waals surface area contributed by atoms with Crippen molar-refractivity contribution in [3.63, 3.8) is 0 Å². The Kier molecular flexibility index (Phi) is 5.28. The first-order valence-electron chi connectivity index (χ1n) is 8.54. The van der Waals surface area contributed by atoms with E-state index in [-0.39, 0.29) is 17.9 Å². The number of likely N-dealkylation sites (N-methyl/N-ethyl adjacent to an activating group) is 1. The predicted molar refractivity (Wildman–Crippen MR) is 96.1 cm³/mol. The van der Waals surface area contributed by atoms with Gasteiger partial charge in [-0.2, -0.15) is 0 Å². The molecule has 0 bridgehead atoms. The van der Waals surface area contributed by atoms with Gasteiger partial charge in [-0.15, -0.1) is 11.8 Å². The van der Waals surface area contributed by atoms with Crippen LogP contribution in [0.4, 0.5) is 5.82 Å². The molecule has 2 fully saturated rings. The van der Waals surface area contributed by atoms with Gasteiger partial charge in [-0.1, -0.05) is 0 Å². The van der Waals surface area contributed by atoms with Gasteiger partial charge in [-0.25, -0.2) is 4.98 Å². The molecule has 2 amide bonds. The van der Waals surface area contributed by atoms with Crippen molar-refractivity contribution in [3.05, 3.63) is 23.9 Å². The van der Waals surface area contributed by atoms with Gasteiger partial charge in [0.2, 0.25) is 5.91 Å². The molecule has 24 heavy (non-hydrogen) atoms. The van der Waals surface area contributed by atoms with Gasteiger partial charge in [-0.05, 0) is 38.8 Å². The minimum atomic E-state index is -0.369. The van der Waals surface area contributed by atoms with Gasteiger partial charge in [0.25, 0.3) is 5.91 Å². The van der Waals surface area contributed by atoms with Gasteiger partial charge in [0, 0.05) is 31.1 Å². The number of rotatable bonds is 6. The van der Waals surface area contributed by atoms with Crippen LogP contribution in [0.25, 0.3) is 0 Å². The Morgan fingerprint density at radius 2 is 2.08 bits per heavy atom. The van der Waals surface area contributed by atoms with Crippen LogP contribution in [0, 0.1) is 0 Å². The molecule has 1 aromatic rings. The van der Waals surface area contributed by atoms with Crippen molar-refractivity contribution in [2.24, 2.45) is 0 Å². The third kappa shape index (κ3) is 3.66. The summed E-state index contributed by atoms with van der Waals surface area (Å²) in [4.78, 5) is 33.2. The lowest BCUT2D eigenvalue weighted by Crippen LogP contribution is -2.48. The fraction of sp³-hybridized carbons (Fsp3) is 0.588. The smallest absolute Gasteiger partial charge is 0.256 e. The second-order valence-corrected chi connectivity index (χ2v) is 7.15. The second kappa shape index (κ2) is 7.42. The minimum absolute atomic E-state index is 0.0401. The van der Waals surface area contributed by atoms with Gasteiger partial charge in [-0.3, -0.25) is 9.59 Å². The standard InChI is InChI=1S/C17H24N4O2S/c1-3-20(4-2)17(23)14-10-24-11-21(14)16(22)12-5-8-15(18-9-12)19-13-6-7-13/h5,8-9,13-14H,3-4,6-7,10-11H2,1-2H3,(H,18,19)/t14-/m0/s1. The molecular weight excluding hydrogens is 324 g/mol. The normalized spacial score (nSPS) is 20.1. The summed E-state index contributed by atoms with van der Waals surface area (Å²) in [5, 5.41) is 3.31. The summed E-state index contributed by atoms with van der Waals surface area (Å²) < 4.78 is 0. The zero-order valence-electron chi connectivity index (χ0n) is 14.2. The highest BCUT2D eigenvalue weighted by molar-refractivity contribution is 7.99. The van der Waals surface area contributed by atoms with E-state index in [1.807, 2.05) is 19.9 Å². The highest BCUT2D eigenvalue weighted by Crippen LogP contribution is 2.26. The van der Waals surface area contributed by atoms with Crippen LogP contribution < -0.4 is 5.32 Å². The predicted octanol–water partition coefficient (Wildman–Crippen LogP) is 2.04. The number of hydrogen-bond acceptors (Lipinski definition) is 5. The molecule has 7 heteroatoms. The van der Waals surface area contributed by atoms with Gasteiger partial charge < -0.3 is 15.1 Å².